The van der Waals surface area contributed by atoms with Crippen LogP contribution in [0.5, 0.6) is 0 Å². The van der Waals surface area contributed by atoms with Crippen LogP contribution in [0.2, 0.25) is 0 Å². The second kappa shape index (κ2) is 15.0. The Hall–Kier alpha value is -0.900. The van der Waals surface area contributed by atoms with E-state index in [1.165, 1.54) is 19.3 Å². The Labute approximate surface area is 136 Å². The fourth-order valence-corrected chi connectivity index (χ4v) is 2.13. The second-order valence-corrected chi connectivity index (χ2v) is 6.34. The number of hydrogen-bond donors (Lipinski definition) is 1. The molecule has 0 saturated carbocycles. The first kappa shape index (κ1) is 21.1. The van der Waals surface area contributed by atoms with Gasteiger partial charge >= 0.3 is 0 Å². The summed E-state index contributed by atoms with van der Waals surface area (Å²) < 4.78 is 5.58. The van der Waals surface area contributed by atoms with Crippen LogP contribution in [-0.2, 0) is 14.3 Å². The summed E-state index contributed by atoms with van der Waals surface area (Å²) in [5.41, 5.74) is 0. The van der Waals surface area contributed by atoms with Crippen molar-refractivity contribution in [2.45, 2.75) is 78.6 Å². The van der Waals surface area contributed by atoms with Crippen LogP contribution in [0.25, 0.3) is 0 Å². The maximum atomic E-state index is 11.3. The molecule has 0 heterocycles. The number of unbranched alkanes of at least 4 members (excludes halogenated alkanes) is 6. The maximum Gasteiger partial charge on any atom is 0.222 e. The summed E-state index contributed by atoms with van der Waals surface area (Å²) >= 11 is 0. The summed E-state index contributed by atoms with van der Waals surface area (Å²) in [7, 11) is 0. The van der Waals surface area contributed by atoms with Gasteiger partial charge in [0, 0.05) is 32.1 Å². The predicted molar refractivity (Wildman–Crippen MR) is 90.9 cm³/mol. The van der Waals surface area contributed by atoms with Gasteiger partial charge < -0.3 is 14.8 Å². The Morgan fingerprint density at radius 2 is 1.41 bits per heavy atom. The highest BCUT2D eigenvalue weighted by atomic mass is 16.5. The zero-order chi connectivity index (χ0) is 16.6. The van der Waals surface area contributed by atoms with Crippen molar-refractivity contribution >= 4 is 11.7 Å². The number of carbonyl (C=O) groups is 2. The number of amides is 1. The van der Waals surface area contributed by atoms with Crippen LogP contribution in [0.4, 0.5) is 0 Å². The Bertz CT molecular complexity index is 290. The number of carbonyl (C=O) groups excluding carboxylic acids is 2. The molecule has 0 aromatic rings. The first-order valence-corrected chi connectivity index (χ1v) is 8.89. The number of Topliss-reactive ketones (excluding diaryl/α,β-unsaturated/α-hetero) is 1. The molecule has 0 rings (SSSR count). The molecule has 1 N–H and O–H groups in total. The van der Waals surface area contributed by atoms with Crippen LogP contribution >= 0.6 is 0 Å². The van der Waals surface area contributed by atoms with Crippen molar-refractivity contribution in [2.24, 2.45) is 5.92 Å². The summed E-state index contributed by atoms with van der Waals surface area (Å²) in [4.78, 5) is 22.1. The minimum Gasteiger partial charge on any atom is -0.381 e. The highest BCUT2D eigenvalue weighted by Crippen LogP contribution is 2.04. The monoisotopic (exact) mass is 313 g/mol. The van der Waals surface area contributed by atoms with Gasteiger partial charge in [0.2, 0.25) is 5.91 Å². The highest BCUT2D eigenvalue weighted by molar-refractivity contribution is 5.77. The maximum absolute atomic E-state index is 11.3. The van der Waals surface area contributed by atoms with E-state index >= 15 is 0 Å². The molecule has 0 aromatic heterocycles. The summed E-state index contributed by atoms with van der Waals surface area (Å²) in [6, 6.07) is 0. The summed E-state index contributed by atoms with van der Waals surface area (Å²) in [6.45, 7) is 7.94. The molecular weight excluding hydrogens is 278 g/mol. The van der Waals surface area contributed by atoms with Gasteiger partial charge in [0.1, 0.15) is 5.78 Å². The molecule has 0 fully saturated rings. The van der Waals surface area contributed by atoms with Crippen molar-refractivity contribution in [3.63, 3.8) is 0 Å². The van der Waals surface area contributed by atoms with Gasteiger partial charge in [-0.2, -0.15) is 0 Å². The van der Waals surface area contributed by atoms with Crippen molar-refractivity contribution in [3.05, 3.63) is 0 Å². The number of rotatable bonds is 15. The first-order chi connectivity index (χ1) is 10.5. The molecule has 0 saturated heterocycles. The number of nitrogens with one attached hydrogen (secondary N) is 1. The molecule has 0 spiro atoms. The third-order valence-corrected chi connectivity index (χ3v) is 3.61. The van der Waals surface area contributed by atoms with Gasteiger partial charge in [-0.05, 0) is 32.6 Å². The Morgan fingerprint density at radius 1 is 0.864 bits per heavy atom. The van der Waals surface area contributed by atoms with Crippen LogP contribution < -0.4 is 5.32 Å². The largest absolute Gasteiger partial charge is 0.381 e. The van der Waals surface area contributed by atoms with Crippen molar-refractivity contribution in [2.75, 3.05) is 19.8 Å². The van der Waals surface area contributed by atoms with Crippen LogP contribution in [-0.4, -0.2) is 31.4 Å². The number of ketones is 1. The van der Waals surface area contributed by atoms with Gasteiger partial charge in [0.15, 0.2) is 0 Å². The summed E-state index contributed by atoms with van der Waals surface area (Å²) in [5, 5.41) is 2.94. The van der Waals surface area contributed by atoms with Crippen molar-refractivity contribution < 1.29 is 14.3 Å². The molecule has 0 aliphatic rings. The Kier molecular flexibility index (Phi) is 14.4. The normalized spacial score (nSPS) is 10.9. The van der Waals surface area contributed by atoms with Crippen LogP contribution in [0.1, 0.15) is 78.6 Å². The van der Waals surface area contributed by atoms with E-state index in [1.54, 1.807) is 6.92 Å². The molecule has 4 heteroatoms. The summed E-state index contributed by atoms with van der Waals surface area (Å²) in [6.07, 6.45) is 9.60. The van der Waals surface area contributed by atoms with Crippen molar-refractivity contribution in [3.8, 4) is 0 Å². The SMILES string of the molecule is CC(=O)CCCCCOCCCCCCCNC(=O)C(C)C. The molecule has 22 heavy (non-hydrogen) atoms. The van der Waals surface area contributed by atoms with Crippen LogP contribution in [0.15, 0.2) is 0 Å². The van der Waals surface area contributed by atoms with E-state index in [2.05, 4.69) is 5.32 Å². The van der Waals surface area contributed by atoms with E-state index < -0.39 is 0 Å². The van der Waals surface area contributed by atoms with E-state index in [0.717, 1.165) is 51.9 Å². The molecule has 1 amide bonds. The third-order valence-electron chi connectivity index (χ3n) is 3.61. The fourth-order valence-electron chi connectivity index (χ4n) is 2.13. The lowest BCUT2D eigenvalue weighted by Crippen LogP contribution is -2.28. The van der Waals surface area contributed by atoms with Crippen LogP contribution in [0, 0.1) is 5.92 Å². The van der Waals surface area contributed by atoms with Gasteiger partial charge in [0.25, 0.3) is 0 Å². The van der Waals surface area contributed by atoms with Gasteiger partial charge in [0.05, 0.1) is 0 Å². The topological polar surface area (TPSA) is 55.4 Å². The Morgan fingerprint density at radius 3 is 2.00 bits per heavy atom. The molecule has 0 atom stereocenters. The average Bonchev–Trinajstić information content (AvgIpc) is 2.46. The second-order valence-electron chi connectivity index (χ2n) is 6.34. The van der Waals surface area contributed by atoms with Gasteiger partial charge in [-0.3, -0.25) is 4.79 Å². The standard InChI is InChI=1S/C18H35NO3/c1-16(2)18(21)19-13-9-5-4-6-10-14-22-15-11-7-8-12-17(3)20/h16H,4-15H2,1-3H3,(H,19,21). The van der Waals surface area contributed by atoms with E-state index in [0.29, 0.717) is 6.42 Å². The van der Waals surface area contributed by atoms with E-state index in [4.69, 9.17) is 4.74 Å². The lowest BCUT2D eigenvalue weighted by atomic mass is 10.1. The average molecular weight is 313 g/mol. The summed E-state index contributed by atoms with van der Waals surface area (Å²) in [5.74, 6) is 0.515. The molecule has 0 unspecified atom stereocenters. The van der Waals surface area contributed by atoms with Crippen molar-refractivity contribution in [1.29, 1.82) is 0 Å². The molecule has 0 aromatic carbocycles. The first-order valence-electron chi connectivity index (χ1n) is 8.89. The van der Waals surface area contributed by atoms with Crippen molar-refractivity contribution in [1.82, 2.24) is 5.32 Å². The molecule has 130 valence electrons. The van der Waals surface area contributed by atoms with E-state index in [9.17, 15) is 9.59 Å². The van der Waals surface area contributed by atoms with E-state index in [1.807, 2.05) is 13.8 Å². The highest BCUT2D eigenvalue weighted by Gasteiger charge is 2.04. The molecule has 4 nitrogen and oxygen atoms in total. The number of ether oxygens (including phenoxy) is 1. The van der Waals surface area contributed by atoms with Crippen LogP contribution in [0.3, 0.4) is 0 Å². The minimum atomic E-state index is 0.0830. The molecule has 0 radical (unpaired) electrons. The van der Waals surface area contributed by atoms with E-state index in [-0.39, 0.29) is 17.6 Å². The third kappa shape index (κ3) is 15.5. The van der Waals surface area contributed by atoms with Gasteiger partial charge in [-0.15, -0.1) is 0 Å². The lowest BCUT2D eigenvalue weighted by Gasteiger charge is -2.07. The smallest absolute Gasteiger partial charge is 0.222 e. The van der Waals surface area contributed by atoms with Gasteiger partial charge in [-0.25, -0.2) is 0 Å². The molecule has 0 aliphatic carbocycles. The zero-order valence-electron chi connectivity index (χ0n) is 14.8. The quantitative estimate of drug-likeness (QED) is 0.467. The minimum absolute atomic E-state index is 0.0830. The van der Waals surface area contributed by atoms with Gasteiger partial charge in [-0.1, -0.05) is 39.5 Å². The number of hydrogen-bond acceptors (Lipinski definition) is 3. The predicted octanol–water partition coefficient (Wildman–Crippen LogP) is 3.88. The molecule has 0 bridgehead atoms. The lowest BCUT2D eigenvalue weighted by molar-refractivity contribution is -0.124. The fraction of sp³-hybridized carbons (Fsp3) is 0.889. The molecule has 0 aliphatic heterocycles. The zero-order valence-corrected chi connectivity index (χ0v) is 14.8. The Balaban J connectivity index is 3.08. The molecular formula is C18H35NO3.